The highest BCUT2D eigenvalue weighted by Gasteiger charge is 2.17. The molecule has 0 bridgehead atoms. The summed E-state index contributed by atoms with van der Waals surface area (Å²) in [4.78, 5) is 10.7. The summed E-state index contributed by atoms with van der Waals surface area (Å²) >= 11 is 0. The molecule has 0 aliphatic carbocycles. The van der Waals surface area contributed by atoms with E-state index in [0.717, 1.165) is 18.7 Å². The van der Waals surface area contributed by atoms with E-state index in [0.29, 0.717) is 5.92 Å². The summed E-state index contributed by atoms with van der Waals surface area (Å²) < 4.78 is 0. The molecule has 1 fully saturated rings. The van der Waals surface area contributed by atoms with Crippen molar-refractivity contribution < 1.29 is 9.90 Å². The van der Waals surface area contributed by atoms with Crippen molar-refractivity contribution in [3.8, 4) is 0 Å². The minimum Gasteiger partial charge on any atom is -0.481 e. The number of carboxylic acids is 1. The van der Waals surface area contributed by atoms with Crippen molar-refractivity contribution in [2.75, 3.05) is 13.1 Å². The van der Waals surface area contributed by atoms with E-state index in [2.05, 4.69) is 29.6 Å². The number of carbonyl (C=O) groups is 1. The van der Waals surface area contributed by atoms with E-state index in [-0.39, 0.29) is 12.3 Å². The van der Waals surface area contributed by atoms with Crippen molar-refractivity contribution in [2.45, 2.75) is 31.6 Å². The average Bonchev–Trinajstić information content (AvgIpc) is 2.82. The Morgan fingerprint density at radius 2 is 2.18 bits per heavy atom. The number of carboxylic acid groups (broad SMARTS) is 1. The van der Waals surface area contributed by atoms with Gasteiger partial charge in [-0.05, 0) is 35.9 Å². The van der Waals surface area contributed by atoms with Crippen LogP contribution >= 0.6 is 0 Å². The van der Waals surface area contributed by atoms with E-state index >= 15 is 0 Å². The summed E-state index contributed by atoms with van der Waals surface area (Å²) in [6.45, 7) is 4.12. The molecule has 3 nitrogen and oxygen atoms in total. The van der Waals surface area contributed by atoms with Crippen molar-refractivity contribution in [2.24, 2.45) is 0 Å². The van der Waals surface area contributed by atoms with Crippen molar-refractivity contribution in [3.05, 3.63) is 35.4 Å². The third-order valence-corrected chi connectivity index (χ3v) is 3.52. The Hall–Kier alpha value is -1.35. The van der Waals surface area contributed by atoms with Crippen LogP contribution in [0, 0.1) is 0 Å². The van der Waals surface area contributed by atoms with Crippen LogP contribution in [0.3, 0.4) is 0 Å². The molecule has 0 aromatic heterocycles. The molecule has 0 spiro atoms. The lowest BCUT2D eigenvalue weighted by molar-refractivity contribution is -0.137. The predicted molar refractivity (Wildman–Crippen MR) is 67.3 cm³/mol. The maximum absolute atomic E-state index is 10.7. The summed E-state index contributed by atoms with van der Waals surface area (Å²) in [5.41, 5.74) is 2.48. The van der Waals surface area contributed by atoms with Crippen LogP contribution in [0.4, 0.5) is 0 Å². The standard InChI is InChI=1S/C14H19NO2/c1-10(8-14(16)17)11-2-4-12(5-3-11)13-6-7-15-9-13/h2-5,10,13,15H,6-9H2,1H3,(H,16,17). The molecule has 2 atom stereocenters. The van der Waals surface area contributed by atoms with Crippen LogP contribution in [0.15, 0.2) is 24.3 Å². The monoisotopic (exact) mass is 233 g/mol. The minimum absolute atomic E-state index is 0.0863. The maximum atomic E-state index is 10.7. The fourth-order valence-electron chi connectivity index (χ4n) is 2.42. The van der Waals surface area contributed by atoms with E-state index in [1.165, 1.54) is 12.0 Å². The van der Waals surface area contributed by atoms with Gasteiger partial charge in [-0.15, -0.1) is 0 Å². The van der Waals surface area contributed by atoms with Crippen molar-refractivity contribution in [3.63, 3.8) is 0 Å². The lowest BCUT2D eigenvalue weighted by Gasteiger charge is -2.12. The Morgan fingerprint density at radius 3 is 2.71 bits per heavy atom. The fraction of sp³-hybridized carbons (Fsp3) is 0.500. The number of hydrogen-bond acceptors (Lipinski definition) is 2. The zero-order valence-electron chi connectivity index (χ0n) is 10.1. The Balaban J connectivity index is 2.04. The highest BCUT2D eigenvalue weighted by Crippen LogP contribution is 2.25. The van der Waals surface area contributed by atoms with Gasteiger partial charge in [0.05, 0.1) is 6.42 Å². The number of benzene rings is 1. The van der Waals surface area contributed by atoms with Gasteiger partial charge in [0.1, 0.15) is 0 Å². The molecule has 2 unspecified atom stereocenters. The fourth-order valence-corrected chi connectivity index (χ4v) is 2.42. The van der Waals surface area contributed by atoms with Crippen LogP contribution in [0.1, 0.15) is 42.7 Å². The molecule has 2 rings (SSSR count). The van der Waals surface area contributed by atoms with Gasteiger partial charge in [0.25, 0.3) is 0 Å². The number of hydrogen-bond donors (Lipinski definition) is 2. The molecular formula is C14H19NO2. The van der Waals surface area contributed by atoms with Crippen LogP contribution in [0.5, 0.6) is 0 Å². The first-order valence-corrected chi connectivity index (χ1v) is 6.19. The molecular weight excluding hydrogens is 214 g/mol. The van der Waals surface area contributed by atoms with E-state index in [1.807, 2.05) is 6.92 Å². The zero-order valence-corrected chi connectivity index (χ0v) is 10.1. The molecule has 1 aliphatic heterocycles. The second-order valence-corrected chi connectivity index (χ2v) is 4.86. The predicted octanol–water partition coefficient (Wildman–Crippen LogP) is 2.34. The molecule has 92 valence electrons. The summed E-state index contributed by atoms with van der Waals surface area (Å²) in [5.74, 6) is -0.0244. The van der Waals surface area contributed by atoms with Crippen LogP contribution in [-0.4, -0.2) is 24.2 Å². The number of nitrogens with one attached hydrogen (secondary N) is 1. The van der Waals surface area contributed by atoms with Crippen LogP contribution in [0.25, 0.3) is 0 Å². The average molecular weight is 233 g/mol. The molecule has 0 radical (unpaired) electrons. The third kappa shape index (κ3) is 3.07. The van der Waals surface area contributed by atoms with Gasteiger partial charge in [-0.2, -0.15) is 0 Å². The summed E-state index contributed by atoms with van der Waals surface area (Å²) in [6.07, 6.45) is 1.40. The Labute approximate surface area is 102 Å². The van der Waals surface area contributed by atoms with Crippen molar-refractivity contribution >= 4 is 5.97 Å². The first-order valence-electron chi connectivity index (χ1n) is 6.19. The van der Waals surface area contributed by atoms with Crippen LogP contribution in [-0.2, 0) is 4.79 Å². The Bertz CT molecular complexity index is 380. The number of aliphatic carboxylic acids is 1. The molecule has 0 saturated carbocycles. The van der Waals surface area contributed by atoms with Gasteiger partial charge in [-0.3, -0.25) is 4.79 Å². The molecule has 1 saturated heterocycles. The Kier molecular flexibility index (Phi) is 3.79. The van der Waals surface area contributed by atoms with Crippen LogP contribution < -0.4 is 5.32 Å². The molecule has 1 aromatic carbocycles. The van der Waals surface area contributed by atoms with Crippen molar-refractivity contribution in [1.82, 2.24) is 5.32 Å². The second kappa shape index (κ2) is 5.32. The molecule has 3 heteroatoms. The lowest BCUT2D eigenvalue weighted by Crippen LogP contribution is -2.08. The van der Waals surface area contributed by atoms with Gasteiger partial charge < -0.3 is 10.4 Å². The third-order valence-electron chi connectivity index (χ3n) is 3.52. The molecule has 0 amide bonds. The summed E-state index contributed by atoms with van der Waals surface area (Å²) in [7, 11) is 0. The first-order chi connectivity index (χ1) is 8.16. The van der Waals surface area contributed by atoms with Gasteiger partial charge in [-0.25, -0.2) is 0 Å². The zero-order chi connectivity index (χ0) is 12.3. The highest BCUT2D eigenvalue weighted by atomic mass is 16.4. The van der Waals surface area contributed by atoms with Gasteiger partial charge >= 0.3 is 5.97 Å². The molecule has 1 aliphatic rings. The highest BCUT2D eigenvalue weighted by molar-refractivity contribution is 5.67. The summed E-state index contributed by atoms with van der Waals surface area (Å²) in [5, 5.41) is 12.1. The second-order valence-electron chi connectivity index (χ2n) is 4.86. The van der Waals surface area contributed by atoms with E-state index in [4.69, 9.17) is 5.11 Å². The van der Waals surface area contributed by atoms with Gasteiger partial charge in [0.15, 0.2) is 0 Å². The van der Waals surface area contributed by atoms with E-state index in [1.54, 1.807) is 0 Å². The normalized spacial score (nSPS) is 21.4. The smallest absolute Gasteiger partial charge is 0.303 e. The van der Waals surface area contributed by atoms with Crippen molar-refractivity contribution in [1.29, 1.82) is 0 Å². The molecule has 2 N–H and O–H groups in total. The largest absolute Gasteiger partial charge is 0.481 e. The molecule has 17 heavy (non-hydrogen) atoms. The SMILES string of the molecule is CC(CC(=O)O)c1ccc(C2CCNC2)cc1. The Morgan fingerprint density at radius 1 is 1.47 bits per heavy atom. The summed E-state index contributed by atoms with van der Waals surface area (Å²) in [6, 6.07) is 8.43. The van der Waals surface area contributed by atoms with Gasteiger partial charge in [0, 0.05) is 6.54 Å². The quantitative estimate of drug-likeness (QED) is 0.839. The van der Waals surface area contributed by atoms with Gasteiger partial charge in [0.2, 0.25) is 0 Å². The lowest BCUT2D eigenvalue weighted by atomic mass is 9.93. The van der Waals surface area contributed by atoms with Gasteiger partial charge in [-0.1, -0.05) is 31.2 Å². The first kappa shape index (κ1) is 12.1. The van der Waals surface area contributed by atoms with E-state index < -0.39 is 5.97 Å². The topological polar surface area (TPSA) is 49.3 Å². The molecule has 1 heterocycles. The molecule has 1 aromatic rings. The minimum atomic E-state index is -0.735. The number of rotatable bonds is 4. The van der Waals surface area contributed by atoms with Crippen LogP contribution in [0.2, 0.25) is 0 Å². The maximum Gasteiger partial charge on any atom is 0.303 e. The van der Waals surface area contributed by atoms with E-state index in [9.17, 15) is 4.79 Å².